The van der Waals surface area contributed by atoms with Crippen molar-refractivity contribution >= 4 is 5.82 Å². The Bertz CT molecular complexity index is 451. The lowest BCUT2D eigenvalue weighted by Gasteiger charge is -2.40. The van der Waals surface area contributed by atoms with Gasteiger partial charge in [0.1, 0.15) is 17.6 Å². The van der Waals surface area contributed by atoms with E-state index in [9.17, 15) is 0 Å². The minimum atomic E-state index is 0.515. The van der Waals surface area contributed by atoms with Gasteiger partial charge >= 0.3 is 0 Å². The van der Waals surface area contributed by atoms with E-state index in [4.69, 9.17) is 5.26 Å². The summed E-state index contributed by atoms with van der Waals surface area (Å²) >= 11 is 0. The van der Waals surface area contributed by atoms with Crippen molar-refractivity contribution in [3.63, 3.8) is 0 Å². The molecule has 0 aromatic carbocycles. The number of nitriles is 1. The monoisotopic (exact) mass is 228 g/mol. The summed E-state index contributed by atoms with van der Waals surface area (Å²) in [7, 11) is 2.18. The van der Waals surface area contributed by atoms with Crippen LogP contribution in [0.5, 0.6) is 0 Å². The number of fused-ring (bicyclic) bond motifs is 2. The van der Waals surface area contributed by atoms with Crippen molar-refractivity contribution in [3.8, 4) is 6.07 Å². The molecule has 1 aromatic rings. The lowest BCUT2D eigenvalue weighted by atomic mass is 10.2. The summed E-state index contributed by atoms with van der Waals surface area (Å²) in [4.78, 5) is 9.24. The number of hydrogen-bond donors (Lipinski definition) is 0. The lowest BCUT2D eigenvalue weighted by Crippen LogP contribution is -2.52. The van der Waals surface area contributed by atoms with E-state index in [1.807, 2.05) is 12.1 Å². The Hall–Kier alpha value is -1.60. The fourth-order valence-corrected chi connectivity index (χ4v) is 3.12. The molecule has 0 saturated carbocycles. The fraction of sp³-hybridized carbons (Fsp3) is 0.538. The number of likely N-dealkylation sites (N-methyl/N-ethyl adjacent to an activating group) is 1. The Morgan fingerprint density at radius 1 is 1.29 bits per heavy atom. The maximum absolute atomic E-state index is 8.91. The molecule has 2 aliphatic heterocycles. The maximum Gasteiger partial charge on any atom is 0.142 e. The Morgan fingerprint density at radius 3 is 2.65 bits per heavy atom. The highest BCUT2D eigenvalue weighted by Crippen LogP contribution is 2.33. The van der Waals surface area contributed by atoms with Crippen LogP contribution in [0.25, 0.3) is 0 Å². The second-order valence-corrected chi connectivity index (χ2v) is 5.01. The summed E-state index contributed by atoms with van der Waals surface area (Å²) in [5, 5.41) is 8.91. The number of piperazine rings is 1. The van der Waals surface area contributed by atoms with E-state index in [-0.39, 0.29) is 0 Å². The Kier molecular flexibility index (Phi) is 2.49. The van der Waals surface area contributed by atoms with Crippen molar-refractivity contribution in [2.75, 3.05) is 25.0 Å². The number of nitrogens with zero attached hydrogens (tertiary/aromatic N) is 4. The van der Waals surface area contributed by atoms with Crippen molar-refractivity contribution in [1.29, 1.82) is 5.26 Å². The average Bonchev–Trinajstić information content (AvgIpc) is 2.62. The summed E-state index contributed by atoms with van der Waals surface area (Å²) in [5.41, 5.74) is 0.515. The highest BCUT2D eigenvalue weighted by atomic mass is 15.3. The van der Waals surface area contributed by atoms with Gasteiger partial charge in [-0.15, -0.1) is 0 Å². The quantitative estimate of drug-likeness (QED) is 0.725. The first-order chi connectivity index (χ1) is 8.28. The minimum absolute atomic E-state index is 0.515. The van der Waals surface area contributed by atoms with Crippen LogP contribution >= 0.6 is 0 Å². The van der Waals surface area contributed by atoms with Gasteiger partial charge in [0.05, 0.1) is 0 Å². The number of hydrogen-bond acceptors (Lipinski definition) is 4. The van der Waals surface area contributed by atoms with Crippen LogP contribution in [0.2, 0.25) is 0 Å². The molecule has 1 aromatic heterocycles. The zero-order valence-corrected chi connectivity index (χ0v) is 10.0. The molecule has 0 radical (unpaired) electrons. The Balaban J connectivity index is 1.92. The highest BCUT2D eigenvalue weighted by molar-refractivity contribution is 5.46. The number of likely N-dealkylation sites (tertiary alicyclic amines) is 1. The van der Waals surface area contributed by atoms with Gasteiger partial charge in [0.2, 0.25) is 0 Å². The Morgan fingerprint density at radius 2 is 2.00 bits per heavy atom. The van der Waals surface area contributed by atoms with Gasteiger partial charge in [-0.1, -0.05) is 6.07 Å². The van der Waals surface area contributed by atoms with Gasteiger partial charge in [0.15, 0.2) is 0 Å². The summed E-state index contributed by atoms with van der Waals surface area (Å²) in [6.45, 7) is 2.21. The molecule has 0 unspecified atom stereocenters. The summed E-state index contributed by atoms with van der Waals surface area (Å²) in [6.07, 6.45) is 2.49. The first-order valence-electron chi connectivity index (χ1n) is 6.12. The standard InChI is InChI=1S/C13H16N4/c1-16-8-11-5-6-12(9-16)17(11)13-4-2-3-10(7-14)15-13/h2-4,11-12H,5-6,8-9H2,1H3/t11-,12+. The molecule has 2 fully saturated rings. The van der Waals surface area contributed by atoms with Gasteiger partial charge in [-0.05, 0) is 32.0 Å². The number of anilines is 1. The van der Waals surface area contributed by atoms with Gasteiger partial charge in [-0.25, -0.2) is 4.98 Å². The third kappa shape index (κ3) is 1.77. The summed E-state index contributed by atoms with van der Waals surface area (Å²) < 4.78 is 0. The fourth-order valence-electron chi connectivity index (χ4n) is 3.12. The molecule has 0 N–H and O–H groups in total. The number of aromatic nitrogens is 1. The van der Waals surface area contributed by atoms with Gasteiger partial charge in [-0.2, -0.15) is 5.26 Å². The van der Waals surface area contributed by atoms with E-state index in [1.165, 1.54) is 12.8 Å². The van der Waals surface area contributed by atoms with Crippen LogP contribution in [-0.2, 0) is 0 Å². The minimum Gasteiger partial charge on any atom is -0.348 e. The smallest absolute Gasteiger partial charge is 0.142 e. The van der Waals surface area contributed by atoms with Crippen molar-refractivity contribution in [2.45, 2.75) is 24.9 Å². The van der Waals surface area contributed by atoms with Crippen molar-refractivity contribution in [3.05, 3.63) is 23.9 Å². The molecule has 2 bridgehead atoms. The van der Waals surface area contributed by atoms with Gasteiger partial charge < -0.3 is 9.80 Å². The van der Waals surface area contributed by atoms with Crippen LogP contribution in [0.15, 0.2) is 18.2 Å². The topological polar surface area (TPSA) is 43.2 Å². The van der Waals surface area contributed by atoms with E-state index < -0.39 is 0 Å². The lowest BCUT2D eigenvalue weighted by molar-refractivity contribution is 0.264. The first-order valence-corrected chi connectivity index (χ1v) is 6.12. The van der Waals surface area contributed by atoms with Crippen LogP contribution in [0.3, 0.4) is 0 Å². The second kappa shape index (κ2) is 4.01. The van der Waals surface area contributed by atoms with Crippen molar-refractivity contribution in [2.24, 2.45) is 0 Å². The predicted octanol–water partition coefficient (Wildman–Crippen LogP) is 1.24. The second-order valence-electron chi connectivity index (χ2n) is 5.01. The molecule has 3 heterocycles. The maximum atomic E-state index is 8.91. The summed E-state index contributed by atoms with van der Waals surface area (Å²) in [5.74, 6) is 0.977. The van der Waals surface area contributed by atoms with Crippen molar-refractivity contribution in [1.82, 2.24) is 9.88 Å². The molecule has 2 aliphatic rings. The summed E-state index contributed by atoms with van der Waals surface area (Å²) in [6, 6.07) is 8.98. The number of rotatable bonds is 1. The van der Waals surface area contributed by atoms with Gasteiger partial charge in [-0.3, -0.25) is 0 Å². The largest absolute Gasteiger partial charge is 0.348 e. The van der Waals surface area contributed by atoms with Crippen LogP contribution < -0.4 is 4.90 Å². The van der Waals surface area contributed by atoms with E-state index >= 15 is 0 Å². The van der Waals surface area contributed by atoms with Gasteiger partial charge in [0, 0.05) is 25.2 Å². The van der Waals surface area contributed by atoms with E-state index in [0.717, 1.165) is 18.9 Å². The molecule has 0 spiro atoms. The Labute approximate surface area is 101 Å². The normalized spacial score (nSPS) is 28.1. The van der Waals surface area contributed by atoms with E-state index in [0.29, 0.717) is 17.8 Å². The molecular formula is C13H16N4. The zero-order valence-electron chi connectivity index (χ0n) is 10.0. The molecular weight excluding hydrogens is 212 g/mol. The molecule has 2 saturated heterocycles. The van der Waals surface area contributed by atoms with E-state index in [2.05, 4.69) is 27.9 Å². The van der Waals surface area contributed by atoms with Crippen LogP contribution in [-0.4, -0.2) is 42.1 Å². The molecule has 88 valence electrons. The molecule has 4 nitrogen and oxygen atoms in total. The third-order valence-corrected chi connectivity index (χ3v) is 3.78. The zero-order chi connectivity index (χ0) is 11.8. The average molecular weight is 228 g/mol. The van der Waals surface area contributed by atoms with Crippen LogP contribution in [0.4, 0.5) is 5.82 Å². The molecule has 4 heteroatoms. The predicted molar refractivity (Wildman–Crippen MR) is 65.7 cm³/mol. The SMILES string of the molecule is CN1C[C@H]2CC[C@@H](C1)N2c1cccc(C#N)n1. The van der Waals surface area contributed by atoms with Crippen molar-refractivity contribution < 1.29 is 0 Å². The first kappa shape index (κ1) is 10.5. The van der Waals surface area contributed by atoms with Gasteiger partial charge in [0.25, 0.3) is 0 Å². The third-order valence-electron chi connectivity index (χ3n) is 3.78. The number of pyridine rings is 1. The molecule has 2 atom stereocenters. The van der Waals surface area contributed by atoms with Crippen LogP contribution in [0, 0.1) is 11.3 Å². The molecule has 0 aliphatic carbocycles. The molecule has 0 amide bonds. The highest BCUT2D eigenvalue weighted by Gasteiger charge is 2.39. The molecule has 17 heavy (non-hydrogen) atoms. The van der Waals surface area contributed by atoms with Crippen LogP contribution in [0.1, 0.15) is 18.5 Å². The van der Waals surface area contributed by atoms with E-state index in [1.54, 1.807) is 6.07 Å². The molecule has 3 rings (SSSR count).